The zero-order chi connectivity index (χ0) is 7.68. The molecule has 0 amide bonds. The minimum absolute atomic E-state index is 0.863. The van der Waals surface area contributed by atoms with Crippen LogP contribution in [-0.4, -0.2) is 22.3 Å². The highest BCUT2D eigenvalue weighted by atomic mass is 15.6. The van der Waals surface area contributed by atoms with Gasteiger partial charge in [0.15, 0.2) is 5.84 Å². The Morgan fingerprint density at radius 1 is 1.55 bits per heavy atom. The van der Waals surface area contributed by atoms with Gasteiger partial charge >= 0.3 is 0 Å². The molecule has 0 aromatic carbocycles. The first-order valence-corrected chi connectivity index (χ1v) is 3.66. The van der Waals surface area contributed by atoms with E-state index < -0.39 is 0 Å². The molecular formula is C8H9N3. The quantitative estimate of drug-likeness (QED) is 0.551. The molecular weight excluding hydrogens is 138 g/mol. The van der Waals surface area contributed by atoms with E-state index >= 15 is 0 Å². The van der Waals surface area contributed by atoms with Gasteiger partial charge in [-0.3, -0.25) is 9.91 Å². The Labute approximate surface area is 66.3 Å². The maximum absolute atomic E-state index is 4.26. The van der Waals surface area contributed by atoms with Gasteiger partial charge in [-0.2, -0.15) is 5.10 Å². The van der Waals surface area contributed by atoms with E-state index in [1.165, 1.54) is 0 Å². The summed E-state index contributed by atoms with van der Waals surface area (Å²) in [4.78, 5) is 1.88. The molecule has 2 radical (unpaired) electrons. The summed E-state index contributed by atoms with van der Waals surface area (Å²) >= 11 is 0. The minimum Gasteiger partial charge on any atom is -0.299 e. The van der Waals surface area contributed by atoms with Crippen molar-refractivity contribution in [1.82, 2.24) is 9.91 Å². The van der Waals surface area contributed by atoms with Crippen molar-refractivity contribution >= 4 is 5.84 Å². The smallest absolute Gasteiger partial charge is 0.231 e. The lowest BCUT2D eigenvalue weighted by Crippen LogP contribution is -2.20. The Bertz CT molecular complexity index is 240. The predicted octanol–water partition coefficient (Wildman–Crippen LogP) is 1.02. The Morgan fingerprint density at radius 3 is 3.18 bits per heavy atom. The molecule has 0 aromatic heterocycles. The molecule has 56 valence electrons. The number of hydrogen-bond donors (Lipinski definition) is 0. The standard InChI is InChI=1S/C8H9N3/c1-2-11-7-10-6-4-3-5-8(10)9-11/h3-6H,2H2,1H3. The van der Waals surface area contributed by atoms with Gasteiger partial charge in [0.25, 0.3) is 0 Å². The van der Waals surface area contributed by atoms with Crippen molar-refractivity contribution in [2.45, 2.75) is 6.92 Å². The van der Waals surface area contributed by atoms with E-state index in [-0.39, 0.29) is 0 Å². The Balaban J connectivity index is 2.19. The number of rotatable bonds is 1. The molecule has 0 aliphatic carbocycles. The largest absolute Gasteiger partial charge is 0.299 e. The molecule has 3 heteroatoms. The SMILES string of the molecule is CCN1[C]N2C=CC=CC2=N1. The van der Waals surface area contributed by atoms with Gasteiger partial charge in [0.2, 0.25) is 6.67 Å². The van der Waals surface area contributed by atoms with E-state index in [2.05, 4.69) is 11.8 Å². The average molecular weight is 147 g/mol. The molecule has 0 aromatic rings. The fourth-order valence-electron chi connectivity index (χ4n) is 1.01. The summed E-state index contributed by atoms with van der Waals surface area (Å²) in [6.07, 6.45) is 7.83. The normalized spacial score (nSPS) is 20.6. The zero-order valence-corrected chi connectivity index (χ0v) is 6.36. The van der Waals surface area contributed by atoms with Crippen LogP contribution < -0.4 is 0 Å². The molecule has 0 atom stereocenters. The number of allylic oxidation sites excluding steroid dienone is 2. The monoisotopic (exact) mass is 147 g/mol. The van der Waals surface area contributed by atoms with Crippen molar-refractivity contribution in [3.63, 3.8) is 0 Å². The van der Waals surface area contributed by atoms with Crippen LogP contribution in [0, 0.1) is 6.67 Å². The van der Waals surface area contributed by atoms with Crippen LogP contribution in [0.2, 0.25) is 0 Å². The second-order valence-electron chi connectivity index (χ2n) is 2.34. The lowest BCUT2D eigenvalue weighted by molar-refractivity contribution is 0.349. The van der Waals surface area contributed by atoms with Crippen molar-refractivity contribution in [1.29, 1.82) is 0 Å². The van der Waals surface area contributed by atoms with Gasteiger partial charge < -0.3 is 0 Å². The molecule has 0 spiro atoms. The number of fused-ring (bicyclic) bond motifs is 1. The van der Waals surface area contributed by atoms with Gasteiger partial charge in [-0.25, -0.2) is 0 Å². The number of amidine groups is 1. The van der Waals surface area contributed by atoms with E-state index in [4.69, 9.17) is 0 Å². The Morgan fingerprint density at radius 2 is 2.45 bits per heavy atom. The third-order valence-electron chi connectivity index (χ3n) is 1.58. The summed E-state index contributed by atoms with van der Waals surface area (Å²) in [6, 6.07) is 0. The fraction of sp³-hybridized carbons (Fsp3) is 0.250. The second-order valence-corrected chi connectivity index (χ2v) is 2.34. The Hall–Kier alpha value is -1.25. The van der Waals surface area contributed by atoms with E-state index in [9.17, 15) is 0 Å². The highest BCUT2D eigenvalue weighted by Gasteiger charge is 2.20. The van der Waals surface area contributed by atoms with Crippen LogP contribution >= 0.6 is 0 Å². The van der Waals surface area contributed by atoms with Gasteiger partial charge in [-0.15, -0.1) is 0 Å². The molecule has 0 unspecified atom stereocenters. The van der Waals surface area contributed by atoms with Crippen LogP contribution in [-0.2, 0) is 0 Å². The van der Waals surface area contributed by atoms with Gasteiger partial charge in [0.05, 0.1) is 0 Å². The van der Waals surface area contributed by atoms with Crippen LogP contribution in [0.3, 0.4) is 0 Å². The lowest BCUT2D eigenvalue weighted by atomic mass is 10.3. The van der Waals surface area contributed by atoms with Crippen LogP contribution in [0.1, 0.15) is 6.92 Å². The highest BCUT2D eigenvalue weighted by molar-refractivity contribution is 5.96. The zero-order valence-electron chi connectivity index (χ0n) is 6.36. The maximum Gasteiger partial charge on any atom is 0.231 e. The molecule has 0 bridgehead atoms. The van der Waals surface area contributed by atoms with Crippen LogP contribution in [0.5, 0.6) is 0 Å². The van der Waals surface area contributed by atoms with Gasteiger partial charge in [0.1, 0.15) is 0 Å². The summed E-state index contributed by atoms with van der Waals surface area (Å²) in [5.41, 5.74) is 0. The van der Waals surface area contributed by atoms with Gasteiger partial charge in [0, 0.05) is 12.7 Å². The lowest BCUT2D eigenvalue weighted by Gasteiger charge is -2.13. The molecule has 2 rings (SSSR count). The molecule has 0 saturated heterocycles. The van der Waals surface area contributed by atoms with Crippen molar-refractivity contribution in [2.24, 2.45) is 5.10 Å². The first-order chi connectivity index (χ1) is 5.40. The number of hydrogen-bond acceptors (Lipinski definition) is 3. The number of nitrogens with zero attached hydrogens (tertiary/aromatic N) is 3. The molecule has 3 nitrogen and oxygen atoms in total. The molecule has 0 fully saturated rings. The van der Waals surface area contributed by atoms with Crippen LogP contribution in [0.15, 0.2) is 29.5 Å². The number of hydrazone groups is 1. The Kier molecular flexibility index (Phi) is 1.42. The van der Waals surface area contributed by atoms with Crippen LogP contribution in [0.4, 0.5) is 0 Å². The summed E-state index contributed by atoms with van der Waals surface area (Å²) in [5, 5.41) is 6.04. The minimum atomic E-state index is 0.863. The third-order valence-corrected chi connectivity index (χ3v) is 1.58. The third kappa shape index (κ3) is 1.02. The summed E-state index contributed by atoms with van der Waals surface area (Å²) < 4.78 is 0. The van der Waals surface area contributed by atoms with Crippen molar-refractivity contribution in [2.75, 3.05) is 6.54 Å². The van der Waals surface area contributed by atoms with E-state index in [0.29, 0.717) is 0 Å². The van der Waals surface area contributed by atoms with E-state index in [1.807, 2.05) is 36.3 Å². The molecule has 0 N–H and O–H groups in total. The fourth-order valence-corrected chi connectivity index (χ4v) is 1.01. The summed E-state index contributed by atoms with van der Waals surface area (Å²) in [5.74, 6) is 0.939. The second kappa shape index (κ2) is 2.42. The van der Waals surface area contributed by atoms with Crippen molar-refractivity contribution < 1.29 is 0 Å². The van der Waals surface area contributed by atoms with Crippen molar-refractivity contribution in [3.8, 4) is 0 Å². The molecule has 2 aliphatic heterocycles. The first-order valence-electron chi connectivity index (χ1n) is 3.66. The average Bonchev–Trinajstić information content (AvgIpc) is 2.46. The van der Waals surface area contributed by atoms with Crippen LogP contribution in [0.25, 0.3) is 0 Å². The first kappa shape index (κ1) is 6.46. The van der Waals surface area contributed by atoms with Crippen molar-refractivity contribution in [3.05, 3.63) is 31.1 Å². The maximum atomic E-state index is 4.26. The summed E-state index contributed by atoms with van der Waals surface area (Å²) in [7, 11) is 0. The highest BCUT2D eigenvalue weighted by Crippen LogP contribution is 2.15. The molecule has 2 aliphatic rings. The molecule has 2 heterocycles. The predicted molar refractivity (Wildman–Crippen MR) is 43.2 cm³/mol. The summed E-state index contributed by atoms with van der Waals surface area (Å²) in [6.45, 7) is 5.97. The van der Waals surface area contributed by atoms with Gasteiger partial charge in [-0.1, -0.05) is 6.08 Å². The van der Waals surface area contributed by atoms with E-state index in [0.717, 1.165) is 12.4 Å². The van der Waals surface area contributed by atoms with Gasteiger partial charge in [-0.05, 0) is 19.1 Å². The molecule has 11 heavy (non-hydrogen) atoms. The van der Waals surface area contributed by atoms with E-state index in [1.54, 1.807) is 5.01 Å². The molecule has 0 saturated carbocycles. The topological polar surface area (TPSA) is 18.8 Å².